The van der Waals surface area contributed by atoms with Gasteiger partial charge in [0.25, 0.3) is 0 Å². The predicted molar refractivity (Wildman–Crippen MR) is 136 cm³/mol. The van der Waals surface area contributed by atoms with E-state index in [0.29, 0.717) is 12.2 Å². The number of hydrogen-bond acceptors (Lipinski definition) is 2. The molecule has 0 aliphatic carbocycles. The minimum atomic E-state index is 0. The first-order valence-electron chi connectivity index (χ1n) is 11.1. The summed E-state index contributed by atoms with van der Waals surface area (Å²) in [6.45, 7) is 11.7. The van der Waals surface area contributed by atoms with Gasteiger partial charge in [-0.25, -0.2) is 0 Å². The van der Waals surface area contributed by atoms with Gasteiger partial charge < -0.3 is 0 Å². The lowest BCUT2D eigenvalue weighted by Gasteiger charge is -2.14. The molecule has 0 amide bonds. The molecule has 0 radical (unpaired) electrons. The van der Waals surface area contributed by atoms with Crippen molar-refractivity contribution in [3.8, 4) is 0 Å². The second-order valence-electron chi connectivity index (χ2n) is 8.05. The maximum atomic E-state index is 12.5. The summed E-state index contributed by atoms with van der Waals surface area (Å²) in [7, 11) is 0. The van der Waals surface area contributed by atoms with Crippen molar-refractivity contribution in [1.82, 2.24) is 0 Å². The number of aryl methyl sites for hydroxylation is 2. The van der Waals surface area contributed by atoms with Crippen LogP contribution in [0.4, 0.5) is 0 Å². The zero-order valence-corrected chi connectivity index (χ0v) is 19.0. The van der Waals surface area contributed by atoms with E-state index in [9.17, 15) is 4.79 Å². The lowest BCUT2D eigenvalue weighted by Crippen LogP contribution is -2.16. The fourth-order valence-corrected chi connectivity index (χ4v) is 3.56. The number of allylic oxidation sites excluding steroid dienone is 4. The highest BCUT2D eigenvalue weighted by Crippen LogP contribution is 2.21. The SMILES string of the molecule is C=CCC(CCC1=CCC=N1)C(=O)Cc1ccc(C)cc1.C=CCc1ccccc1C.[HH]. The van der Waals surface area contributed by atoms with Gasteiger partial charge in [-0.05, 0) is 56.2 Å². The predicted octanol–water partition coefficient (Wildman–Crippen LogP) is 7.41. The van der Waals surface area contributed by atoms with Crippen molar-refractivity contribution in [3.05, 3.63) is 108 Å². The summed E-state index contributed by atoms with van der Waals surface area (Å²) in [5.41, 5.74) is 6.16. The summed E-state index contributed by atoms with van der Waals surface area (Å²) in [6, 6.07) is 16.6. The molecule has 0 bridgehead atoms. The number of Topliss-reactive ketones (excluding diaryl/α,β-unsaturated/α-hetero) is 1. The third-order valence-electron chi connectivity index (χ3n) is 5.50. The minimum Gasteiger partial charge on any atom is -0.299 e. The standard InChI is InChI=1S/C19H23NO.C10H12.H2/c1-3-5-17(11-12-18-6-4-13-20-18)19(21)14-16-9-7-15(2)8-10-16;1-3-6-10-8-5-4-7-9(10)2;/h3,6-10,13,17H,1,4-5,11-12,14H2,2H3;3-5,7-8H,1,6H2,2H3;1H. The molecule has 164 valence electrons. The molecule has 0 N–H and O–H groups in total. The summed E-state index contributed by atoms with van der Waals surface area (Å²) in [6.07, 6.45) is 12.8. The largest absolute Gasteiger partial charge is 0.299 e. The molecule has 0 aromatic heterocycles. The van der Waals surface area contributed by atoms with Gasteiger partial charge in [0, 0.05) is 32.1 Å². The van der Waals surface area contributed by atoms with Crippen LogP contribution in [0.3, 0.4) is 0 Å². The minimum absolute atomic E-state index is 0. The first kappa shape index (κ1) is 24.3. The molecule has 0 saturated heterocycles. The molecule has 1 heterocycles. The van der Waals surface area contributed by atoms with E-state index in [1.807, 2.05) is 30.5 Å². The molecule has 1 aliphatic heterocycles. The van der Waals surface area contributed by atoms with Gasteiger partial charge in [0.2, 0.25) is 0 Å². The monoisotopic (exact) mass is 415 g/mol. The van der Waals surface area contributed by atoms with Crippen LogP contribution >= 0.6 is 0 Å². The van der Waals surface area contributed by atoms with E-state index < -0.39 is 0 Å². The van der Waals surface area contributed by atoms with Gasteiger partial charge in [0.05, 0.1) is 0 Å². The van der Waals surface area contributed by atoms with Gasteiger partial charge in [-0.15, -0.1) is 13.2 Å². The summed E-state index contributed by atoms with van der Waals surface area (Å²) >= 11 is 0. The van der Waals surface area contributed by atoms with Crippen LogP contribution in [0.5, 0.6) is 0 Å². The van der Waals surface area contributed by atoms with Crippen molar-refractivity contribution in [2.75, 3.05) is 0 Å². The molecule has 2 nitrogen and oxygen atoms in total. The van der Waals surface area contributed by atoms with Crippen molar-refractivity contribution in [2.45, 2.75) is 52.4 Å². The lowest BCUT2D eigenvalue weighted by atomic mass is 9.90. The van der Waals surface area contributed by atoms with Crippen molar-refractivity contribution in [2.24, 2.45) is 10.9 Å². The molecule has 1 unspecified atom stereocenters. The number of hydrogen-bond donors (Lipinski definition) is 0. The number of benzene rings is 2. The van der Waals surface area contributed by atoms with Gasteiger partial charge >= 0.3 is 0 Å². The number of rotatable bonds is 10. The van der Waals surface area contributed by atoms with Crippen LogP contribution in [0.15, 0.2) is 90.6 Å². The van der Waals surface area contributed by atoms with E-state index in [1.165, 1.54) is 16.7 Å². The van der Waals surface area contributed by atoms with Crippen molar-refractivity contribution < 1.29 is 6.22 Å². The highest BCUT2D eigenvalue weighted by Gasteiger charge is 2.18. The number of carbonyl (C=O) groups is 1. The molecule has 0 saturated carbocycles. The zero-order chi connectivity index (χ0) is 22.5. The number of nitrogens with zero attached hydrogens (tertiary/aromatic N) is 1. The molecule has 0 spiro atoms. The maximum Gasteiger partial charge on any atom is 0.140 e. The highest BCUT2D eigenvalue weighted by molar-refractivity contribution is 5.83. The maximum absolute atomic E-state index is 12.5. The highest BCUT2D eigenvalue weighted by atomic mass is 16.1. The van der Waals surface area contributed by atoms with Crippen LogP contribution in [0, 0.1) is 19.8 Å². The molecule has 31 heavy (non-hydrogen) atoms. The van der Waals surface area contributed by atoms with Crippen LogP contribution < -0.4 is 0 Å². The molecule has 2 aromatic carbocycles. The third kappa shape index (κ3) is 8.72. The second kappa shape index (κ2) is 13.3. The summed E-state index contributed by atoms with van der Waals surface area (Å²) < 4.78 is 0. The van der Waals surface area contributed by atoms with E-state index >= 15 is 0 Å². The van der Waals surface area contributed by atoms with Crippen molar-refractivity contribution in [1.29, 1.82) is 0 Å². The van der Waals surface area contributed by atoms with Gasteiger partial charge in [-0.2, -0.15) is 0 Å². The Kier molecular flexibility index (Phi) is 10.4. The topological polar surface area (TPSA) is 29.4 Å². The molecule has 3 rings (SSSR count). The zero-order valence-electron chi connectivity index (χ0n) is 19.0. The summed E-state index contributed by atoms with van der Waals surface area (Å²) in [4.78, 5) is 16.8. The Morgan fingerprint density at radius 1 is 1.10 bits per heavy atom. The van der Waals surface area contributed by atoms with E-state index in [1.54, 1.807) is 0 Å². The Hall–Kier alpha value is -3.00. The Morgan fingerprint density at radius 3 is 2.45 bits per heavy atom. The third-order valence-corrected chi connectivity index (χ3v) is 5.50. The van der Waals surface area contributed by atoms with E-state index in [-0.39, 0.29) is 7.34 Å². The number of carbonyl (C=O) groups excluding carboxylic acids is 1. The van der Waals surface area contributed by atoms with Crippen LogP contribution in [-0.4, -0.2) is 12.0 Å². The van der Waals surface area contributed by atoms with Gasteiger partial charge in [-0.3, -0.25) is 9.79 Å². The average Bonchev–Trinajstić information content (AvgIpc) is 3.29. The van der Waals surface area contributed by atoms with Gasteiger partial charge in [0.15, 0.2) is 0 Å². The number of ketones is 1. The smallest absolute Gasteiger partial charge is 0.140 e. The van der Waals surface area contributed by atoms with Crippen LogP contribution in [-0.2, 0) is 17.6 Å². The summed E-state index contributed by atoms with van der Waals surface area (Å²) in [5, 5.41) is 0. The van der Waals surface area contributed by atoms with Crippen LogP contribution in [0.1, 0.15) is 49.4 Å². The first-order valence-corrected chi connectivity index (χ1v) is 11.1. The van der Waals surface area contributed by atoms with Crippen LogP contribution in [0.25, 0.3) is 0 Å². The molecule has 0 fully saturated rings. The Bertz CT molecular complexity index is 924. The van der Waals surface area contributed by atoms with Gasteiger partial charge in [-0.1, -0.05) is 72.3 Å². The fraction of sp³-hybridized carbons (Fsp3) is 0.310. The number of aliphatic imine (C=N–C) groups is 1. The van der Waals surface area contributed by atoms with Crippen molar-refractivity contribution in [3.63, 3.8) is 0 Å². The van der Waals surface area contributed by atoms with E-state index in [4.69, 9.17) is 0 Å². The molecular weight excluding hydrogens is 378 g/mol. The Balaban J connectivity index is 0.000000393. The second-order valence-corrected chi connectivity index (χ2v) is 8.05. The van der Waals surface area contributed by atoms with Crippen LogP contribution in [0.2, 0.25) is 0 Å². The fourth-order valence-electron chi connectivity index (χ4n) is 3.56. The Labute approximate surface area is 189 Å². The molecular formula is C29H37NO. The molecule has 2 heteroatoms. The van der Waals surface area contributed by atoms with Gasteiger partial charge in [0.1, 0.15) is 5.78 Å². The Morgan fingerprint density at radius 2 is 1.84 bits per heavy atom. The normalized spacial score (nSPS) is 13.0. The molecule has 2 aromatic rings. The quantitative estimate of drug-likeness (QED) is 0.372. The van der Waals surface area contributed by atoms with E-state index in [2.05, 4.69) is 74.5 Å². The van der Waals surface area contributed by atoms with Crippen molar-refractivity contribution >= 4 is 12.0 Å². The van der Waals surface area contributed by atoms with E-state index in [0.717, 1.165) is 43.4 Å². The molecule has 1 atom stereocenters. The first-order chi connectivity index (χ1) is 15.0. The molecule has 1 aliphatic rings. The average molecular weight is 416 g/mol. The summed E-state index contributed by atoms with van der Waals surface area (Å²) in [5.74, 6) is 0.363. The lowest BCUT2D eigenvalue weighted by molar-refractivity contribution is -0.122.